The Bertz CT molecular complexity index is 1100. The van der Waals surface area contributed by atoms with Crippen molar-refractivity contribution in [2.45, 2.75) is 6.54 Å². The molecule has 1 aromatic heterocycles. The van der Waals surface area contributed by atoms with E-state index in [0.717, 1.165) is 54.7 Å². The maximum absolute atomic E-state index is 12.8. The zero-order valence-electron chi connectivity index (χ0n) is 18.0. The van der Waals surface area contributed by atoms with Gasteiger partial charge >= 0.3 is 0 Å². The number of para-hydroxylation sites is 1. The van der Waals surface area contributed by atoms with Gasteiger partial charge in [0.1, 0.15) is 5.02 Å². The Hall–Kier alpha value is -2.90. The van der Waals surface area contributed by atoms with Crippen molar-refractivity contribution in [1.82, 2.24) is 14.3 Å². The second-order valence-corrected chi connectivity index (χ2v) is 7.92. The summed E-state index contributed by atoms with van der Waals surface area (Å²) in [5.41, 5.74) is 2.56. The van der Waals surface area contributed by atoms with Gasteiger partial charge in [0.05, 0.1) is 25.6 Å². The quantitative estimate of drug-likeness (QED) is 0.587. The first-order chi connectivity index (χ1) is 15.0. The number of methoxy groups -OCH3 is 2. The highest BCUT2D eigenvalue weighted by atomic mass is 35.5. The van der Waals surface area contributed by atoms with E-state index in [-0.39, 0.29) is 10.6 Å². The SMILES string of the molecule is COc1ccc(N2CCN(Cc3c(Cl)c(=O)n(-c4ccccc4)n3C)CC2)cc1OC. The number of rotatable bonds is 6. The molecule has 0 bridgehead atoms. The molecule has 1 aliphatic rings. The summed E-state index contributed by atoms with van der Waals surface area (Å²) in [5, 5.41) is 0.286. The molecule has 0 aliphatic carbocycles. The van der Waals surface area contributed by atoms with E-state index in [2.05, 4.69) is 15.9 Å². The highest BCUT2D eigenvalue weighted by Gasteiger charge is 2.23. The minimum atomic E-state index is -0.186. The van der Waals surface area contributed by atoms with E-state index in [1.165, 1.54) is 0 Å². The molecule has 1 saturated heterocycles. The van der Waals surface area contributed by atoms with E-state index in [1.807, 2.05) is 54.2 Å². The number of hydrogen-bond donors (Lipinski definition) is 0. The number of ether oxygens (including phenoxy) is 2. The van der Waals surface area contributed by atoms with Crippen molar-refractivity contribution in [3.8, 4) is 17.2 Å². The minimum Gasteiger partial charge on any atom is -0.493 e. The van der Waals surface area contributed by atoms with E-state index < -0.39 is 0 Å². The predicted octanol–water partition coefficient (Wildman–Crippen LogP) is 3.17. The van der Waals surface area contributed by atoms with Crippen LogP contribution in [0.15, 0.2) is 53.3 Å². The second kappa shape index (κ2) is 9.08. The maximum Gasteiger partial charge on any atom is 0.290 e. The van der Waals surface area contributed by atoms with Gasteiger partial charge in [-0.25, -0.2) is 4.68 Å². The Balaban J connectivity index is 1.47. The maximum atomic E-state index is 12.8. The smallest absolute Gasteiger partial charge is 0.290 e. The molecule has 3 aromatic rings. The van der Waals surface area contributed by atoms with Gasteiger partial charge in [-0.05, 0) is 24.3 Å². The normalized spacial score (nSPS) is 14.6. The Labute approximate surface area is 186 Å². The van der Waals surface area contributed by atoms with Crippen LogP contribution in [0.4, 0.5) is 5.69 Å². The Morgan fingerprint density at radius 1 is 0.903 bits per heavy atom. The van der Waals surface area contributed by atoms with E-state index >= 15 is 0 Å². The van der Waals surface area contributed by atoms with Gasteiger partial charge in [0.2, 0.25) is 0 Å². The van der Waals surface area contributed by atoms with Gasteiger partial charge in [-0.3, -0.25) is 14.4 Å². The van der Waals surface area contributed by atoms with E-state index in [9.17, 15) is 4.79 Å². The van der Waals surface area contributed by atoms with Crippen molar-refractivity contribution in [3.05, 3.63) is 69.6 Å². The fourth-order valence-electron chi connectivity index (χ4n) is 4.04. The standard InChI is InChI=1S/C23H27ClN4O3/c1-25-19(22(24)23(29)28(25)17-7-5-4-6-8-17)16-26-11-13-27(14-12-26)18-9-10-20(30-2)21(15-18)31-3/h4-10,15H,11-14,16H2,1-3H3. The number of halogens is 1. The summed E-state index contributed by atoms with van der Waals surface area (Å²) in [4.78, 5) is 17.4. The molecule has 1 aliphatic heterocycles. The number of hydrogen-bond acceptors (Lipinski definition) is 5. The molecule has 0 spiro atoms. The molecule has 0 radical (unpaired) electrons. The summed E-state index contributed by atoms with van der Waals surface area (Å²) < 4.78 is 14.3. The first-order valence-corrected chi connectivity index (χ1v) is 10.6. The topological polar surface area (TPSA) is 51.9 Å². The van der Waals surface area contributed by atoms with Crippen LogP contribution in [-0.4, -0.2) is 54.7 Å². The molecule has 0 amide bonds. The van der Waals surface area contributed by atoms with Crippen LogP contribution in [0.2, 0.25) is 5.02 Å². The molecule has 164 valence electrons. The van der Waals surface area contributed by atoms with Gasteiger partial charge in [-0.15, -0.1) is 0 Å². The Morgan fingerprint density at radius 2 is 1.58 bits per heavy atom. The number of aromatic nitrogens is 2. The lowest BCUT2D eigenvalue weighted by atomic mass is 10.2. The highest BCUT2D eigenvalue weighted by molar-refractivity contribution is 6.31. The first kappa shape index (κ1) is 21.3. The van der Waals surface area contributed by atoms with Gasteiger partial charge in [0.25, 0.3) is 5.56 Å². The molecular weight excluding hydrogens is 416 g/mol. The van der Waals surface area contributed by atoms with Crippen LogP contribution in [0.3, 0.4) is 0 Å². The summed E-state index contributed by atoms with van der Waals surface area (Å²) >= 11 is 6.46. The highest BCUT2D eigenvalue weighted by Crippen LogP contribution is 2.32. The first-order valence-electron chi connectivity index (χ1n) is 10.2. The summed E-state index contributed by atoms with van der Waals surface area (Å²) in [5.74, 6) is 1.45. The Kier molecular flexibility index (Phi) is 6.25. The molecule has 0 saturated carbocycles. The molecule has 2 aromatic carbocycles. The number of anilines is 1. The molecule has 8 heteroatoms. The minimum absolute atomic E-state index is 0.186. The molecule has 2 heterocycles. The second-order valence-electron chi connectivity index (χ2n) is 7.54. The molecule has 31 heavy (non-hydrogen) atoms. The number of benzene rings is 2. The molecule has 0 N–H and O–H groups in total. The summed E-state index contributed by atoms with van der Waals surface area (Å²) in [7, 11) is 5.17. The fourth-order valence-corrected chi connectivity index (χ4v) is 4.31. The zero-order valence-corrected chi connectivity index (χ0v) is 18.8. The number of piperazine rings is 1. The largest absolute Gasteiger partial charge is 0.493 e. The fraction of sp³-hybridized carbons (Fsp3) is 0.348. The molecular formula is C23H27ClN4O3. The monoisotopic (exact) mass is 442 g/mol. The van der Waals surface area contributed by atoms with Gasteiger partial charge in [-0.1, -0.05) is 29.8 Å². The Morgan fingerprint density at radius 3 is 2.23 bits per heavy atom. The van der Waals surface area contributed by atoms with E-state index in [1.54, 1.807) is 18.9 Å². The zero-order chi connectivity index (χ0) is 22.0. The van der Waals surface area contributed by atoms with E-state index in [0.29, 0.717) is 6.54 Å². The lowest BCUT2D eigenvalue weighted by Crippen LogP contribution is -2.46. The van der Waals surface area contributed by atoms with Crippen molar-refractivity contribution in [3.63, 3.8) is 0 Å². The average molecular weight is 443 g/mol. The van der Waals surface area contributed by atoms with E-state index in [4.69, 9.17) is 21.1 Å². The van der Waals surface area contributed by atoms with Crippen LogP contribution < -0.4 is 19.9 Å². The third-order valence-electron chi connectivity index (χ3n) is 5.80. The van der Waals surface area contributed by atoms with Crippen molar-refractivity contribution >= 4 is 17.3 Å². The lowest BCUT2D eigenvalue weighted by molar-refractivity contribution is 0.243. The van der Waals surface area contributed by atoms with Crippen LogP contribution in [-0.2, 0) is 13.6 Å². The molecule has 0 unspecified atom stereocenters. The summed E-state index contributed by atoms with van der Waals surface area (Å²) in [6.45, 7) is 4.12. The third kappa shape index (κ3) is 4.16. The lowest BCUT2D eigenvalue weighted by Gasteiger charge is -2.36. The van der Waals surface area contributed by atoms with Crippen LogP contribution in [0.1, 0.15) is 5.69 Å². The van der Waals surface area contributed by atoms with Gasteiger partial charge in [-0.2, -0.15) is 0 Å². The third-order valence-corrected chi connectivity index (χ3v) is 6.18. The molecule has 7 nitrogen and oxygen atoms in total. The summed E-state index contributed by atoms with van der Waals surface area (Å²) in [6.07, 6.45) is 0. The van der Waals surface area contributed by atoms with Crippen LogP contribution >= 0.6 is 11.6 Å². The van der Waals surface area contributed by atoms with Crippen molar-refractivity contribution in [1.29, 1.82) is 0 Å². The predicted molar refractivity (Wildman–Crippen MR) is 123 cm³/mol. The van der Waals surface area contributed by atoms with Gasteiger partial charge < -0.3 is 14.4 Å². The van der Waals surface area contributed by atoms with Gasteiger partial charge in [0, 0.05) is 51.5 Å². The van der Waals surface area contributed by atoms with Crippen LogP contribution in [0.25, 0.3) is 5.69 Å². The van der Waals surface area contributed by atoms with Crippen LogP contribution in [0.5, 0.6) is 11.5 Å². The van der Waals surface area contributed by atoms with Crippen molar-refractivity contribution < 1.29 is 9.47 Å². The molecule has 4 rings (SSSR count). The van der Waals surface area contributed by atoms with Gasteiger partial charge in [0.15, 0.2) is 11.5 Å². The van der Waals surface area contributed by atoms with Crippen molar-refractivity contribution in [2.24, 2.45) is 7.05 Å². The average Bonchev–Trinajstić information content (AvgIpc) is 3.02. The van der Waals surface area contributed by atoms with Crippen molar-refractivity contribution in [2.75, 3.05) is 45.3 Å². The number of nitrogens with zero attached hydrogens (tertiary/aromatic N) is 4. The van der Waals surface area contributed by atoms with Crippen LogP contribution in [0, 0.1) is 0 Å². The summed E-state index contributed by atoms with van der Waals surface area (Å²) in [6, 6.07) is 15.6. The molecule has 1 fully saturated rings. The molecule has 0 atom stereocenters.